The summed E-state index contributed by atoms with van der Waals surface area (Å²) in [5.41, 5.74) is 0.544. The van der Waals surface area contributed by atoms with Gasteiger partial charge in [0.2, 0.25) is 0 Å². The summed E-state index contributed by atoms with van der Waals surface area (Å²) in [6.45, 7) is 0. The van der Waals surface area contributed by atoms with E-state index in [-0.39, 0.29) is 11.1 Å². The molecule has 0 N–H and O–H groups in total. The van der Waals surface area contributed by atoms with Crippen LogP contribution in [0.5, 0.6) is 17.2 Å². The second kappa shape index (κ2) is 8.71. The quantitative estimate of drug-likeness (QED) is 0.282. The topological polar surface area (TPSA) is 79.7 Å². The lowest BCUT2D eigenvalue weighted by molar-refractivity contribution is 0.0736. The molecule has 0 aliphatic carbocycles. The van der Waals surface area contributed by atoms with Gasteiger partial charge in [0.05, 0.1) is 25.2 Å². The highest BCUT2D eigenvalue weighted by Gasteiger charge is 2.20. The Morgan fingerprint density at radius 1 is 0.853 bits per heavy atom. The predicted molar refractivity (Wildman–Crippen MR) is 129 cm³/mol. The van der Waals surface area contributed by atoms with E-state index in [0.717, 1.165) is 10.8 Å². The van der Waals surface area contributed by atoms with E-state index in [1.807, 2.05) is 30.3 Å². The SMILES string of the molecule is COc1cc2c(C(=O)Oc3ccc4cnccc4c3)cn(-c3ccccc3)c(=O)c2cc1OC. The Balaban J connectivity index is 1.69. The third-order valence-electron chi connectivity index (χ3n) is 5.60. The molecular formula is C27H20N2O5. The number of ether oxygens (including phenoxy) is 3. The van der Waals surface area contributed by atoms with Gasteiger partial charge < -0.3 is 14.2 Å². The fraction of sp³-hybridized carbons (Fsp3) is 0.0741. The van der Waals surface area contributed by atoms with Crippen molar-refractivity contribution in [1.82, 2.24) is 9.55 Å². The number of rotatable bonds is 5. The van der Waals surface area contributed by atoms with Crippen LogP contribution in [0.4, 0.5) is 0 Å². The van der Waals surface area contributed by atoms with E-state index >= 15 is 0 Å². The van der Waals surface area contributed by atoms with E-state index in [0.29, 0.717) is 33.7 Å². The normalized spacial score (nSPS) is 10.9. The molecule has 5 rings (SSSR count). The van der Waals surface area contributed by atoms with E-state index in [2.05, 4.69) is 4.98 Å². The summed E-state index contributed by atoms with van der Waals surface area (Å²) in [5.74, 6) is 0.574. The lowest BCUT2D eigenvalue weighted by atomic mass is 10.1. The van der Waals surface area contributed by atoms with Gasteiger partial charge >= 0.3 is 5.97 Å². The largest absolute Gasteiger partial charge is 0.493 e. The molecule has 34 heavy (non-hydrogen) atoms. The maximum absolute atomic E-state index is 13.4. The highest BCUT2D eigenvalue weighted by Crippen LogP contribution is 2.33. The van der Waals surface area contributed by atoms with Crippen LogP contribution in [-0.2, 0) is 0 Å². The average Bonchev–Trinajstić information content (AvgIpc) is 2.88. The first kappa shape index (κ1) is 21.2. The number of nitrogens with zero attached hydrogens (tertiary/aromatic N) is 2. The van der Waals surface area contributed by atoms with Gasteiger partial charge in [-0.05, 0) is 53.9 Å². The zero-order chi connectivity index (χ0) is 23.7. The standard InChI is InChI=1S/C27H20N2O5/c1-32-24-13-21-22(14-25(24)33-2)26(30)29(19-6-4-3-5-7-19)16-23(21)27(31)34-20-9-8-18-15-28-11-10-17(18)12-20/h3-16H,1-2H3. The molecule has 2 heterocycles. The van der Waals surface area contributed by atoms with Crippen LogP contribution in [0.15, 0.2) is 90.1 Å². The first-order chi connectivity index (χ1) is 16.6. The summed E-state index contributed by atoms with van der Waals surface area (Å²) in [4.78, 5) is 30.9. The number of hydrogen-bond acceptors (Lipinski definition) is 6. The molecule has 0 radical (unpaired) electrons. The molecule has 7 heteroatoms. The van der Waals surface area contributed by atoms with Crippen molar-refractivity contribution in [2.45, 2.75) is 0 Å². The number of para-hydroxylation sites is 1. The van der Waals surface area contributed by atoms with E-state index in [4.69, 9.17) is 14.2 Å². The Labute approximate surface area is 194 Å². The zero-order valence-corrected chi connectivity index (χ0v) is 18.5. The van der Waals surface area contributed by atoms with Gasteiger partial charge in [0.25, 0.3) is 5.56 Å². The fourth-order valence-electron chi connectivity index (χ4n) is 3.90. The van der Waals surface area contributed by atoms with Crippen LogP contribution >= 0.6 is 0 Å². The second-order valence-corrected chi connectivity index (χ2v) is 7.58. The van der Waals surface area contributed by atoms with Crippen molar-refractivity contribution in [3.8, 4) is 22.9 Å². The molecule has 0 saturated carbocycles. The molecule has 0 spiro atoms. The number of benzene rings is 3. The summed E-state index contributed by atoms with van der Waals surface area (Å²) in [7, 11) is 2.99. The molecule has 168 valence electrons. The van der Waals surface area contributed by atoms with Gasteiger partial charge in [0.1, 0.15) is 5.75 Å². The molecule has 7 nitrogen and oxygen atoms in total. The third kappa shape index (κ3) is 3.73. The van der Waals surface area contributed by atoms with Gasteiger partial charge in [-0.3, -0.25) is 14.3 Å². The Hall–Kier alpha value is -4.65. The molecule has 0 bridgehead atoms. The lowest BCUT2D eigenvalue weighted by Gasteiger charge is -2.15. The molecule has 0 aliphatic rings. The summed E-state index contributed by atoms with van der Waals surface area (Å²) < 4.78 is 18.0. The second-order valence-electron chi connectivity index (χ2n) is 7.58. The van der Waals surface area contributed by atoms with E-state index in [1.165, 1.54) is 25.0 Å². The Morgan fingerprint density at radius 3 is 2.32 bits per heavy atom. The van der Waals surface area contributed by atoms with Crippen LogP contribution in [0.3, 0.4) is 0 Å². The number of aromatic nitrogens is 2. The van der Waals surface area contributed by atoms with Gasteiger partial charge in [-0.1, -0.05) is 18.2 Å². The van der Waals surface area contributed by atoms with Crippen molar-refractivity contribution in [3.05, 3.63) is 101 Å². The third-order valence-corrected chi connectivity index (χ3v) is 5.60. The molecular weight excluding hydrogens is 432 g/mol. The van der Waals surface area contributed by atoms with E-state index in [9.17, 15) is 9.59 Å². The number of carbonyl (C=O) groups excluding carboxylic acids is 1. The number of hydrogen-bond donors (Lipinski definition) is 0. The van der Waals surface area contributed by atoms with Crippen LogP contribution < -0.4 is 19.8 Å². The van der Waals surface area contributed by atoms with E-state index in [1.54, 1.807) is 48.8 Å². The van der Waals surface area contributed by atoms with Crippen molar-refractivity contribution in [3.63, 3.8) is 0 Å². The minimum Gasteiger partial charge on any atom is -0.493 e. The van der Waals surface area contributed by atoms with Crippen molar-refractivity contribution in [1.29, 1.82) is 0 Å². The molecule has 5 aromatic rings. The van der Waals surface area contributed by atoms with Crippen molar-refractivity contribution < 1.29 is 19.0 Å². The lowest BCUT2D eigenvalue weighted by Crippen LogP contribution is -2.22. The summed E-state index contributed by atoms with van der Waals surface area (Å²) in [6.07, 6.45) is 4.92. The highest BCUT2D eigenvalue weighted by atomic mass is 16.5. The predicted octanol–water partition coefficient (Wildman–Crippen LogP) is 4.78. The number of fused-ring (bicyclic) bond motifs is 2. The van der Waals surface area contributed by atoms with Gasteiger partial charge in [-0.15, -0.1) is 0 Å². The van der Waals surface area contributed by atoms with Gasteiger partial charge in [-0.2, -0.15) is 0 Å². The summed E-state index contributed by atoms with van der Waals surface area (Å²) in [6, 6.07) is 19.4. The number of methoxy groups -OCH3 is 2. The number of carbonyl (C=O) groups is 1. The van der Waals surface area contributed by atoms with Crippen LogP contribution in [-0.4, -0.2) is 29.7 Å². The van der Waals surface area contributed by atoms with Gasteiger partial charge in [0.15, 0.2) is 11.5 Å². The minimum atomic E-state index is -0.602. The van der Waals surface area contributed by atoms with Crippen LogP contribution in [0.25, 0.3) is 27.2 Å². The molecule has 0 fully saturated rings. The first-order valence-electron chi connectivity index (χ1n) is 10.5. The first-order valence-corrected chi connectivity index (χ1v) is 10.5. The van der Waals surface area contributed by atoms with Crippen molar-refractivity contribution in [2.24, 2.45) is 0 Å². The van der Waals surface area contributed by atoms with Crippen molar-refractivity contribution in [2.75, 3.05) is 14.2 Å². The molecule has 2 aromatic heterocycles. The number of esters is 1. The fourth-order valence-corrected chi connectivity index (χ4v) is 3.90. The molecule has 0 unspecified atom stereocenters. The van der Waals surface area contributed by atoms with Gasteiger partial charge in [-0.25, -0.2) is 4.79 Å². The molecule has 0 amide bonds. The van der Waals surface area contributed by atoms with Crippen LogP contribution in [0.1, 0.15) is 10.4 Å². The average molecular weight is 452 g/mol. The van der Waals surface area contributed by atoms with Crippen LogP contribution in [0.2, 0.25) is 0 Å². The Morgan fingerprint density at radius 2 is 1.59 bits per heavy atom. The van der Waals surface area contributed by atoms with Crippen molar-refractivity contribution >= 4 is 27.5 Å². The monoisotopic (exact) mass is 452 g/mol. The Kier molecular flexibility index (Phi) is 5.43. The maximum atomic E-state index is 13.4. The summed E-state index contributed by atoms with van der Waals surface area (Å²) >= 11 is 0. The smallest absolute Gasteiger partial charge is 0.345 e. The van der Waals surface area contributed by atoms with Gasteiger partial charge in [0, 0.05) is 35.1 Å². The molecule has 0 atom stereocenters. The summed E-state index contributed by atoms with van der Waals surface area (Å²) in [5, 5.41) is 2.54. The molecule has 0 saturated heterocycles. The minimum absolute atomic E-state index is 0.217. The molecule has 0 aliphatic heterocycles. The molecule has 3 aromatic carbocycles. The number of pyridine rings is 2. The maximum Gasteiger partial charge on any atom is 0.345 e. The highest BCUT2D eigenvalue weighted by molar-refractivity contribution is 6.06. The van der Waals surface area contributed by atoms with E-state index < -0.39 is 5.97 Å². The zero-order valence-electron chi connectivity index (χ0n) is 18.5. The van der Waals surface area contributed by atoms with Crippen LogP contribution in [0, 0.1) is 0 Å². The Bertz CT molecular complexity index is 1590.